The van der Waals surface area contributed by atoms with Gasteiger partial charge in [-0.2, -0.15) is 0 Å². The van der Waals surface area contributed by atoms with Crippen LogP contribution in [0, 0.1) is 18.3 Å². The molecule has 2 fully saturated rings. The van der Waals surface area contributed by atoms with Gasteiger partial charge < -0.3 is 10.1 Å². The zero-order valence-corrected chi connectivity index (χ0v) is 23.0. The molecular weight excluding hydrogens is 464 g/mol. The number of methoxy groups -OCH3 is 1. The van der Waals surface area contributed by atoms with Crippen molar-refractivity contribution in [2.24, 2.45) is 11.3 Å². The van der Waals surface area contributed by atoms with Crippen LogP contribution in [0.2, 0.25) is 0 Å². The molecule has 0 radical (unpaired) electrons. The molecule has 1 aromatic heterocycles. The fourth-order valence-electron chi connectivity index (χ4n) is 5.89. The number of benzene rings is 1. The molecule has 2 amide bonds. The Bertz CT molecular complexity index is 1090. The largest absolute Gasteiger partial charge is 0.464 e. The molecule has 0 bridgehead atoms. The van der Waals surface area contributed by atoms with E-state index < -0.39 is 5.97 Å². The van der Waals surface area contributed by atoms with Gasteiger partial charge in [-0.1, -0.05) is 43.7 Å². The maximum Gasteiger partial charge on any atom is 0.356 e. The molecule has 4 rings (SSSR count). The standard InChI is InChI=1S/C30H42N4O3/c1-22-18-25(27(35)37-5)31-20-26(22)34(28(36)32-19-23-10-9-11-23)21-29(2)14-16-30(17-15-29,33(3)4)24-12-7-6-8-13-24/h6-8,12-13,18,20,23H,9-11,14-17,19,21H2,1-5H3,(H,32,36)/t29-,30-. The van der Waals surface area contributed by atoms with Gasteiger partial charge in [0.2, 0.25) is 0 Å². The Hall–Kier alpha value is -2.93. The first-order valence-corrected chi connectivity index (χ1v) is 13.5. The van der Waals surface area contributed by atoms with Crippen molar-refractivity contribution in [3.05, 3.63) is 59.4 Å². The zero-order chi connectivity index (χ0) is 26.6. The average molecular weight is 507 g/mol. The normalized spacial score (nSPS) is 23.8. The molecule has 37 heavy (non-hydrogen) atoms. The Kier molecular flexibility index (Phi) is 8.22. The van der Waals surface area contributed by atoms with Crippen molar-refractivity contribution < 1.29 is 14.3 Å². The molecule has 200 valence electrons. The van der Waals surface area contributed by atoms with Crippen LogP contribution in [0.15, 0.2) is 42.6 Å². The third-order valence-corrected chi connectivity index (χ3v) is 8.77. The maximum absolute atomic E-state index is 13.6. The van der Waals surface area contributed by atoms with Gasteiger partial charge in [-0.25, -0.2) is 14.6 Å². The van der Waals surface area contributed by atoms with Gasteiger partial charge in [0.15, 0.2) is 0 Å². The van der Waals surface area contributed by atoms with Crippen molar-refractivity contribution in [3.63, 3.8) is 0 Å². The van der Waals surface area contributed by atoms with Gasteiger partial charge in [-0.05, 0) is 88.1 Å². The highest BCUT2D eigenvalue weighted by Gasteiger charge is 2.44. The van der Waals surface area contributed by atoms with E-state index in [1.54, 1.807) is 12.3 Å². The summed E-state index contributed by atoms with van der Waals surface area (Å²) in [4.78, 5) is 34.1. The van der Waals surface area contributed by atoms with Crippen LogP contribution < -0.4 is 10.2 Å². The number of aromatic nitrogens is 1. The van der Waals surface area contributed by atoms with Crippen molar-refractivity contribution >= 4 is 17.7 Å². The van der Waals surface area contributed by atoms with Gasteiger partial charge in [-0.3, -0.25) is 9.80 Å². The first-order valence-electron chi connectivity index (χ1n) is 13.5. The van der Waals surface area contributed by atoms with Crippen molar-refractivity contribution in [1.29, 1.82) is 0 Å². The van der Waals surface area contributed by atoms with E-state index in [2.05, 4.69) is 66.6 Å². The van der Waals surface area contributed by atoms with Gasteiger partial charge >= 0.3 is 12.0 Å². The minimum absolute atomic E-state index is 0.00227. The molecule has 2 aliphatic rings. The summed E-state index contributed by atoms with van der Waals surface area (Å²) >= 11 is 0. The molecule has 2 saturated carbocycles. The molecule has 0 aliphatic heterocycles. The second-order valence-electron chi connectivity index (χ2n) is 11.5. The molecule has 7 heteroatoms. The summed E-state index contributed by atoms with van der Waals surface area (Å²) in [5.74, 6) is 0.0967. The Morgan fingerprint density at radius 1 is 1.11 bits per heavy atom. The van der Waals surface area contributed by atoms with Crippen molar-refractivity contribution in [2.45, 2.75) is 64.3 Å². The summed E-state index contributed by atoms with van der Waals surface area (Å²) in [6.07, 6.45) is 9.29. The Morgan fingerprint density at radius 2 is 1.78 bits per heavy atom. The Labute approximate surface area is 221 Å². The predicted octanol–water partition coefficient (Wildman–Crippen LogP) is 5.53. The molecule has 0 unspecified atom stereocenters. The van der Waals surface area contributed by atoms with E-state index in [-0.39, 0.29) is 22.7 Å². The first kappa shape index (κ1) is 27.1. The van der Waals surface area contributed by atoms with Crippen LogP contribution in [0.3, 0.4) is 0 Å². The quantitative estimate of drug-likeness (QED) is 0.477. The fourth-order valence-corrected chi connectivity index (χ4v) is 5.89. The van der Waals surface area contributed by atoms with E-state index in [1.165, 1.54) is 31.9 Å². The number of hydrogen-bond donors (Lipinski definition) is 1. The molecule has 1 N–H and O–H groups in total. The van der Waals surface area contributed by atoms with Crippen LogP contribution in [0.4, 0.5) is 10.5 Å². The lowest BCUT2D eigenvalue weighted by molar-refractivity contribution is 0.0458. The zero-order valence-electron chi connectivity index (χ0n) is 23.0. The number of carbonyl (C=O) groups is 2. The SMILES string of the molecule is COC(=O)c1cc(C)c(N(C[C@]2(C)CC[C@@](c3ccccc3)(N(C)C)CC2)C(=O)NCC2CCC2)cn1. The number of amides is 2. The minimum atomic E-state index is -0.476. The summed E-state index contributed by atoms with van der Waals surface area (Å²) in [6.45, 7) is 5.53. The summed E-state index contributed by atoms with van der Waals surface area (Å²) in [6, 6.07) is 12.4. The van der Waals surface area contributed by atoms with E-state index in [0.29, 0.717) is 19.0 Å². The van der Waals surface area contributed by atoms with E-state index in [1.807, 2.05) is 11.8 Å². The molecular formula is C30H42N4O3. The molecule has 0 atom stereocenters. The number of nitrogens with zero attached hydrogens (tertiary/aromatic N) is 3. The highest BCUT2D eigenvalue weighted by atomic mass is 16.5. The van der Waals surface area contributed by atoms with E-state index in [9.17, 15) is 9.59 Å². The smallest absolute Gasteiger partial charge is 0.356 e. The number of ether oxygens (including phenoxy) is 1. The van der Waals surface area contributed by atoms with Crippen LogP contribution in [0.1, 0.15) is 73.5 Å². The van der Waals surface area contributed by atoms with Gasteiger partial charge in [0, 0.05) is 18.6 Å². The summed E-state index contributed by atoms with van der Waals surface area (Å²) in [5.41, 5.74) is 3.14. The van der Waals surface area contributed by atoms with Crippen LogP contribution >= 0.6 is 0 Å². The lowest BCUT2D eigenvalue weighted by Crippen LogP contribution is -2.51. The van der Waals surface area contributed by atoms with Crippen LogP contribution in [-0.4, -0.2) is 56.2 Å². The van der Waals surface area contributed by atoms with E-state index in [4.69, 9.17) is 4.74 Å². The third kappa shape index (κ3) is 5.82. The van der Waals surface area contributed by atoms with Crippen molar-refractivity contribution in [1.82, 2.24) is 15.2 Å². The number of aryl methyl sites for hydroxylation is 1. The minimum Gasteiger partial charge on any atom is -0.464 e. The summed E-state index contributed by atoms with van der Waals surface area (Å²) < 4.78 is 4.84. The van der Waals surface area contributed by atoms with Gasteiger partial charge in [0.05, 0.1) is 19.0 Å². The number of carbonyl (C=O) groups excluding carboxylic acids is 2. The van der Waals surface area contributed by atoms with Crippen molar-refractivity contribution in [3.8, 4) is 0 Å². The lowest BCUT2D eigenvalue weighted by Gasteiger charge is -2.50. The maximum atomic E-state index is 13.6. The number of rotatable bonds is 8. The van der Waals surface area contributed by atoms with E-state index >= 15 is 0 Å². The van der Waals surface area contributed by atoms with Gasteiger partial charge in [-0.15, -0.1) is 0 Å². The van der Waals surface area contributed by atoms with Crippen molar-refractivity contribution in [2.75, 3.05) is 39.2 Å². The topological polar surface area (TPSA) is 74.8 Å². The number of pyridine rings is 1. The average Bonchev–Trinajstić information content (AvgIpc) is 2.87. The second kappa shape index (κ2) is 11.2. The van der Waals surface area contributed by atoms with Gasteiger partial charge in [0.25, 0.3) is 0 Å². The second-order valence-corrected chi connectivity index (χ2v) is 11.5. The lowest BCUT2D eigenvalue weighted by atomic mass is 9.65. The van der Waals surface area contributed by atoms with Gasteiger partial charge in [0.1, 0.15) is 5.69 Å². The molecule has 2 aliphatic carbocycles. The van der Waals surface area contributed by atoms with Crippen LogP contribution in [-0.2, 0) is 10.3 Å². The molecule has 1 aromatic carbocycles. The molecule has 2 aromatic rings. The molecule has 7 nitrogen and oxygen atoms in total. The highest BCUT2D eigenvalue weighted by molar-refractivity contribution is 5.94. The molecule has 0 saturated heterocycles. The number of nitrogens with one attached hydrogen (secondary N) is 1. The number of urea groups is 1. The Balaban J connectivity index is 1.56. The molecule has 1 heterocycles. The number of esters is 1. The fraction of sp³-hybridized carbons (Fsp3) is 0.567. The van der Waals surface area contributed by atoms with Crippen LogP contribution in [0.25, 0.3) is 0 Å². The molecule has 0 spiro atoms. The van der Waals surface area contributed by atoms with E-state index in [0.717, 1.165) is 36.9 Å². The first-order chi connectivity index (χ1) is 17.7. The highest BCUT2D eigenvalue weighted by Crippen LogP contribution is 2.48. The monoisotopic (exact) mass is 506 g/mol. The number of anilines is 1. The summed E-state index contributed by atoms with van der Waals surface area (Å²) in [7, 11) is 5.70. The predicted molar refractivity (Wildman–Crippen MR) is 147 cm³/mol. The Morgan fingerprint density at radius 3 is 2.32 bits per heavy atom. The van der Waals surface area contributed by atoms with Crippen LogP contribution in [0.5, 0.6) is 0 Å². The number of hydrogen-bond acceptors (Lipinski definition) is 5. The third-order valence-electron chi connectivity index (χ3n) is 8.77. The summed E-state index contributed by atoms with van der Waals surface area (Å²) in [5, 5.41) is 3.19.